The number of ether oxygens (including phenoxy) is 5. The van der Waals surface area contributed by atoms with Crippen molar-refractivity contribution in [1.82, 2.24) is 0 Å². The zero-order chi connectivity index (χ0) is 70.4. The van der Waals surface area contributed by atoms with E-state index in [1.54, 1.807) is 142 Å². The minimum Gasteiger partial charge on any atom is -0.505 e. The predicted octanol–water partition coefficient (Wildman–Crippen LogP) is 14.4. The van der Waals surface area contributed by atoms with E-state index in [1.807, 2.05) is 13.8 Å². The normalized spacial score (nSPS) is 19.8. The molecule has 3 amide bonds. The number of hydrogen-bond donors (Lipinski definition) is 2. The van der Waals surface area contributed by atoms with Gasteiger partial charge >= 0.3 is 0 Å². The van der Waals surface area contributed by atoms with Gasteiger partial charge in [0.05, 0.1) is 52.8 Å². The number of anilines is 6. The van der Waals surface area contributed by atoms with E-state index in [2.05, 4.69) is 14.5 Å². The van der Waals surface area contributed by atoms with Gasteiger partial charge in [-0.05, 0) is 208 Å². The summed E-state index contributed by atoms with van der Waals surface area (Å²) in [5.74, 6) is -1.69. The summed E-state index contributed by atoms with van der Waals surface area (Å²) in [6.45, 7) is 42.8. The van der Waals surface area contributed by atoms with Gasteiger partial charge in [0.25, 0.3) is 17.7 Å². The first-order valence-electron chi connectivity index (χ1n) is 31.3. The minimum absolute atomic E-state index is 0.164. The number of phenolic OH excluding ortho intramolecular Hbond substituents is 1. The first-order chi connectivity index (χ1) is 46.1. The summed E-state index contributed by atoms with van der Waals surface area (Å²) in [7, 11) is 0. The summed E-state index contributed by atoms with van der Waals surface area (Å²) >= 11 is 16.8. The Bertz CT molecular complexity index is 4010. The number of aliphatic hydroxyl groups excluding tert-OH is 1. The Labute approximate surface area is 578 Å². The summed E-state index contributed by atoms with van der Waals surface area (Å²) in [6, 6.07) is 28.5. The number of carbonyl (C=O) groups is 3. The van der Waals surface area contributed by atoms with Gasteiger partial charge in [0.1, 0.15) is 16.6 Å². The molecule has 19 nitrogen and oxygen atoms in total. The number of rotatable bonds is 13. The molecule has 0 saturated carbocycles. The predicted molar refractivity (Wildman–Crippen MR) is 378 cm³/mol. The molecule has 6 fully saturated rings. The molecule has 6 saturated heterocycles. The lowest BCUT2D eigenvalue weighted by molar-refractivity contribution is -0.121. The number of carbonyl (C=O) groups excluding carboxylic acids is 3. The Hall–Kier alpha value is -9.10. The first-order valence-corrected chi connectivity index (χ1v) is 32.5. The van der Waals surface area contributed by atoms with Crippen LogP contribution in [0.25, 0.3) is 14.5 Å². The van der Waals surface area contributed by atoms with Gasteiger partial charge in [0, 0.05) is 96.5 Å². The molecule has 97 heavy (non-hydrogen) atoms. The number of amides is 3. The molecular weight excluding hydrogens is 1300 g/mol. The molecule has 0 radical (unpaired) electrons. The van der Waals surface area contributed by atoms with Gasteiger partial charge in [-0.25, -0.2) is 27.7 Å². The number of benzene rings is 6. The van der Waals surface area contributed by atoms with Crippen molar-refractivity contribution in [2.45, 2.75) is 98.2 Å². The van der Waals surface area contributed by atoms with E-state index in [4.69, 9.17) is 85.2 Å². The molecular formula is C72H74F3N9O10S3. The second-order valence-corrected chi connectivity index (χ2v) is 26.7. The highest BCUT2D eigenvalue weighted by molar-refractivity contribution is 7.81. The molecule has 6 heterocycles. The topological polar surface area (TPSA) is 170 Å². The molecule has 3 atom stereocenters. The monoisotopic (exact) mass is 1380 g/mol. The molecule has 2 N–H and O–H groups in total. The number of aromatic hydroxyl groups is 1. The van der Waals surface area contributed by atoms with Crippen LogP contribution in [0.4, 0.5) is 64.4 Å². The highest BCUT2D eigenvalue weighted by Gasteiger charge is 2.53. The molecule has 6 aromatic rings. The molecule has 6 aliphatic rings. The summed E-state index contributed by atoms with van der Waals surface area (Å²) in [5.41, 5.74) is 3.76. The minimum atomic E-state index is -1.03. The zero-order valence-corrected chi connectivity index (χ0v) is 57.6. The maximum atomic E-state index is 14.9. The van der Waals surface area contributed by atoms with Gasteiger partial charge in [0.15, 0.2) is 67.1 Å². The average molecular weight is 1380 g/mol. The summed E-state index contributed by atoms with van der Waals surface area (Å²) < 4.78 is 70.5. The lowest BCUT2D eigenvalue weighted by atomic mass is 10.0. The van der Waals surface area contributed by atoms with E-state index in [1.165, 1.54) is 39.0 Å². The fourth-order valence-corrected chi connectivity index (χ4v) is 13.3. The molecule has 0 aromatic heterocycles. The van der Waals surface area contributed by atoms with Crippen LogP contribution in [-0.2, 0) is 28.6 Å². The fourth-order valence-electron chi connectivity index (χ4n) is 11.8. The van der Waals surface area contributed by atoms with Crippen LogP contribution in [0.1, 0.15) is 77.5 Å². The summed E-state index contributed by atoms with van der Waals surface area (Å²) in [4.78, 5) is 59.1. The second-order valence-electron chi connectivity index (χ2n) is 25.6. The third-order valence-corrected chi connectivity index (χ3v) is 18.6. The smallest absolute Gasteiger partial charge is 0.259 e. The number of aliphatic hydroxyl groups is 1. The van der Waals surface area contributed by atoms with Crippen molar-refractivity contribution in [1.29, 1.82) is 0 Å². The summed E-state index contributed by atoms with van der Waals surface area (Å²) in [6.07, 6.45) is 2.85. The molecule has 12 rings (SSSR count). The van der Waals surface area contributed by atoms with Crippen molar-refractivity contribution in [3.63, 3.8) is 0 Å². The highest BCUT2D eigenvalue weighted by Crippen LogP contribution is 2.43. The van der Waals surface area contributed by atoms with Crippen LogP contribution < -0.4 is 38.9 Å². The quantitative estimate of drug-likeness (QED) is 0.0826. The first kappa shape index (κ1) is 72.2. The number of thiocarbonyl (C=S) groups is 3. The van der Waals surface area contributed by atoms with Crippen molar-refractivity contribution < 1.29 is 61.5 Å². The number of nitrogens with zero attached hydrogens (tertiary/aromatic N) is 9. The van der Waals surface area contributed by atoms with Crippen LogP contribution in [0.3, 0.4) is 0 Å². The van der Waals surface area contributed by atoms with E-state index < -0.39 is 39.8 Å². The van der Waals surface area contributed by atoms with Crippen LogP contribution in [0.15, 0.2) is 109 Å². The lowest BCUT2D eigenvalue weighted by Crippen LogP contribution is -2.44. The second kappa shape index (κ2) is 30.1. The van der Waals surface area contributed by atoms with Gasteiger partial charge < -0.3 is 48.6 Å². The Kier molecular flexibility index (Phi) is 22.4. The van der Waals surface area contributed by atoms with E-state index in [-0.39, 0.29) is 56.4 Å². The van der Waals surface area contributed by atoms with Gasteiger partial charge in [-0.2, -0.15) is 0 Å². The molecule has 3 unspecified atom stereocenters. The Morgan fingerprint density at radius 2 is 0.773 bits per heavy atom. The van der Waals surface area contributed by atoms with Crippen molar-refractivity contribution in [3.8, 4) is 17.2 Å². The number of aryl methyl sites for hydroxylation is 3. The van der Waals surface area contributed by atoms with E-state index >= 15 is 0 Å². The van der Waals surface area contributed by atoms with E-state index in [0.717, 1.165) is 55.2 Å². The lowest BCUT2D eigenvalue weighted by Gasteiger charge is -2.29. The van der Waals surface area contributed by atoms with Crippen molar-refractivity contribution in [2.24, 2.45) is 17.8 Å². The zero-order valence-electron chi connectivity index (χ0n) is 55.2. The number of halogens is 3. The third-order valence-electron chi connectivity index (χ3n) is 17.5. The van der Waals surface area contributed by atoms with Gasteiger partial charge in [0.2, 0.25) is 0 Å². The van der Waals surface area contributed by atoms with Crippen LogP contribution in [0, 0.1) is 75.7 Å². The standard InChI is InChI=1S/2C24H24FN3O3S.C19H16FN3O2S.C5H10O2/c2*1-15-11-17(5-7-20(15)26-4)27-22(29)24(2,3)28(23(27)32)18-6-8-21(19(25)12-18)31-14-16-9-10-30-13-16;1-11-9-12(5-7-15(11)21-4)22-17(25)19(2,3)23(18(22)26)13-6-8-16(24)14(20)10-13;6-3-5-1-2-7-4-5/h2*5-8,11-12,16H,9-10,13-14H2,1-3H3;5-10,24H,1-3H3;5-6H,1-4H2. The van der Waals surface area contributed by atoms with Crippen LogP contribution >= 0.6 is 36.7 Å². The average Bonchev–Trinajstić information content (AvgIpc) is 1.61. The Morgan fingerprint density at radius 3 is 1.03 bits per heavy atom. The summed E-state index contributed by atoms with van der Waals surface area (Å²) in [5, 5.41) is 18.6. The largest absolute Gasteiger partial charge is 0.505 e. The Balaban J connectivity index is 0.000000163. The molecule has 0 aliphatic carbocycles. The fraction of sp³-hybridized carbons (Fsp3) is 0.375. The van der Waals surface area contributed by atoms with Crippen molar-refractivity contribution in [2.75, 3.05) is 88.9 Å². The van der Waals surface area contributed by atoms with E-state index in [9.17, 15) is 32.7 Å². The highest BCUT2D eigenvalue weighted by atomic mass is 32.1. The van der Waals surface area contributed by atoms with Crippen LogP contribution in [0.2, 0.25) is 0 Å². The van der Waals surface area contributed by atoms with Gasteiger partial charge in [-0.1, -0.05) is 18.2 Å². The van der Waals surface area contributed by atoms with Crippen LogP contribution in [0.5, 0.6) is 17.2 Å². The SMILES string of the molecule is OCC1CCOC1.[C-]#[N+]c1ccc(N2C(=O)C(C)(C)N(c3ccc(O)c(F)c3)C2=S)cc1C.[C-]#[N+]c1ccc(N2C(=O)C(C)(C)N(c3ccc(OCC4CCOC4)c(F)c3)C2=S)cc1C.[C-]#[N+]c1ccc(N2C(=O)C(C)(C)N(c3ccc(OCC4CCOC4)c(F)c3)C2=S)cc1C. The van der Waals surface area contributed by atoms with Gasteiger partial charge in [-0.3, -0.25) is 29.1 Å². The number of hydrogen-bond acceptors (Lipinski definition) is 13. The van der Waals surface area contributed by atoms with E-state index in [0.29, 0.717) is 103 Å². The number of phenols is 1. The third kappa shape index (κ3) is 15.1. The van der Waals surface area contributed by atoms with Gasteiger partial charge in [-0.15, -0.1) is 0 Å². The Morgan fingerprint density at radius 1 is 0.474 bits per heavy atom. The molecule has 6 aromatic carbocycles. The van der Waals surface area contributed by atoms with Crippen molar-refractivity contribution in [3.05, 3.63) is 178 Å². The van der Waals surface area contributed by atoms with Crippen molar-refractivity contribution >= 4 is 121 Å². The molecule has 506 valence electrons. The molecule has 25 heteroatoms. The maximum absolute atomic E-state index is 14.9. The molecule has 6 aliphatic heterocycles. The molecule has 0 bridgehead atoms. The maximum Gasteiger partial charge on any atom is 0.259 e. The van der Waals surface area contributed by atoms with Crippen LogP contribution in [-0.4, -0.2) is 119 Å². The molecule has 0 spiro atoms.